The molecule has 0 fully saturated rings. The SMILES string of the molecule is CCCCc1c(C)n(CCCN)c2c(C(=O)O)c(C)ccc12. The van der Waals surface area contributed by atoms with Gasteiger partial charge in [0.1, 0.15) is 0 Å². The summed E-state index contributed by atoms with van der Waals surface area (Å²) in [6.07, 6.45) is 4.10. The highest BCUT2D eigenvalue weighted by Gasteiger charge is 2.21. The van der Waals surface area contributed by atoms with Gasteiger partial charge < -0.3 is 15.4 Å². The highest BCUT2D eigenvalue weighted by atomic mass is 16.4. The maximum atomic E-state index is 11.8. The second kappa shape index (κ2) is 6.97. The smallest absolute Gasteiger partial charge is 0.338 e. The lowest BCUT2D eigenvalue weighted by molar-refractivity contribution is 0.0698. The van der Waals surface area contributed by atoms with E-state index in [1.807, 2.05) is 13.0 Å². The predicted molar refractivity (Wildman–Crippen MR) is 90.7 cm³/mol. The van der Waals surface area contributed by atoms with E-state index in [0.29, 0.717) is 12.1 Å². The van der Waals surface area contributed by atoms with Crippen LogP contribution in [-0.4, -0.2) is 22.2 Å². The zero-order chi connectivity index (χ0) is 16.3. The van der Waals surface area contributed by atoms with Crippen LogP contribution in [0.5, 0.6) is 0 Å². The molecule has 120 valence electrons. The van der Waals surface area contributed by atoms with Crippen molar-refractivity contribution in [1.29, 1.82) is 0 Å². The molecule has 0 aliphatic heterocycles. The first-order valence-electron chi connectivity index (χ1n) is 8.07. The molecule has 2 aromatic rings. The van der Waals surface area contributed by atoms with Crippen LogP contribution in [0.3, 0.4) is 0 Å². The first-order chi connectivity index (χ1) is 10.5. The van der Waals surface area contributed by atoms with Crippen molar-refractivity contribution >= 4 is 16.9 Å². The minimum absolute atomic E-state index is 0.431. The van der Waals surface area contributed by atoms with Crippen LogP contribution in [0, 0.1) is 13.8 Å². The van der Waals surface area contributed by atoms with E-state index in [-0.39, 0.29) is 0 Å². The van der Waals surface area contributed by atoms with Crippen molar-refractivity contribution in [2.45, 2.75) is 53.0 Å². The van der Waals surface area contributed by atoms with Crippen LogP contribution in [0.1, 0.15) is 53.4 Å². The van der Waals surface area contributed by atoms with Crippen LogP contribution in [0.15, 0.2) is 12.1 Å². The van der Waals surface area contributed by atoms with Crippen LogP contribution in [0.4, 0.5) is 0 Å². The number of unbranched alkanes of at least 4 members (excludes halogenated alkanes) is 1. The number of nitrogens with zero attached hydrogens (tertiary/aromatic N) is 1. The number of carboxylic acids is 1. The van der Waals surface area contributed by atoms with Gasteiger partial charge in [-0.3, -0.25) is 0 Å². The van der Waals surface area contributed by atoms with Crippen LogP contribution in [-0.2, 0) is 13.0 Å². The number of fused-ring (bicyclic) bond motifs is 1. The van der Waals surface area contributed by atoms with Crippen LogP contribution in [0.2, 0.25) is 0 Å². The Labute approximate surface area is 131 Å². The molecular formula is C18H26N2O2. The quantitative estimate of drug-likeness (QED) is 0.820. The molecular weight excluding hydrogens is 276 g/mol. The van der Waals surface area contributed by atoms with Crippen molar-refractivity contribution in [3.05, 3.63) is 34.5 Å². The number of rotatable bonds is 7. The van der Waals surface area contributed by atoms with E-state index in [4.69, 9.17) is 5.73 Å². The van der Waals surface area contributed by atoms with Gasteiger partial charge in [0, 0.05) is 17.6 Å². The van der Waals surface area contributed by atoms with E-state index < -0.39 is 5.97 Å². The Morgan fingerprint density at radius 3 is 2.59 bits per heavy atom. The summed E-state index contributed by atoms with van der Waals surface area (Å²) in [4.78, 5) is 11.8. The summed E-state index contributed by atoms with van der Waals surface area (Å²) >= 11 is 0. The maximum absolute atomic E-state index is 11.8. The minimum Gasteiger partial charge on any atom is -0.478 e. The van der Waals surface area contributed by atoms with Gasteiger partial charge in [0.15, 0.2) is 0 Å². The molecule has 4 heteroatoms. The molecule has 0 atom stereocenters. The Morgan fingerprint density at radius 2 is 2.00 bits per heavy atom. The molecule has 1 heterocycles. The Hall–Kier alpha value is -1.81. The molecule has 4 nitrogen and oxygen atoms in total. The first kappa shape index (κ1) is 16.6. The second-order valence-corrected chi connectivity index (χ2v) is 5.92. The lowest BCUT2D eigenvalue weighted by Crippen LogP contribution is -2.10. The average molecular weight is 302 g/mol. The molecule has 3 N–H and O–H groups in total. The normalized spacial score (nSPS) is 11.3. The predicted octanol–water partition coefficient (Wildman–Crippen LogP) is 3.65. The standard InChI is InChI=1S/C18H26N2O2/c1-4-5-7-14-13(3)20(11-6-10-19)17-15(14)9-8-12(2)16(17)18(21)22/h8-9H,4-7,10-11,19H2,1-3H3,(H,21,22). The summed E-state index contributed by atoms with van der Waals surface area (Å²) in [5.41, 5.74) is 10.2. The lowest BCUT2D eigenvalue weighted by Gasteiger charge is -2.11. The molecule has 0 radical (unpaired) electrons. The highest BCUT2D eigenvalue weighted by molar-refractivity contribution is 6.05. The molecule has 0 amide bonds. The summed E-state index contributed by atoms with van der Waals surface area (Å²) in [5, 5.41) is 10.7. The van der Waals surface area contributed by atoms with Gasteiger partial charge in [0.05, 0.1) is 11.1 Å². The third-order valence-electron chi connectivity index (χ3n) is 4.40. The van der Waals surface area contributed by atoms with E-state index in [1.54, 1.807) is 0 Å². The van der Waals surface area contributed by atoms with Crippen molar-refractivity contribution in [3.63, 3.8) is 0 Å². The first-order valence-corrected chi connectivity index (χ1v) is 8.07. The van der Waals surface area contributed by atoms with Crippen molar-refractivity contribution in [2.24, 2.45) is 5.73 Å². The van der Waals surface area contributed by atoms with Gasteiger partial charge in [-0.25, -0.2) is 4.79 Å². The Kier molecular flexibility index (Phi) is 5.24. The summed E-state index contributed by atoms with van der Waals surface area (Å²) in [6.45, 7) is 7.52. The van der Waals surface area contributed by atoms with E-state index in [0.717, 1.165) is 48.7 Å². The molecule has 0 unspecified atom stereocenters. The molecule has 0 saturated heterocycles. The molecule has 1 aromatic heterocycles. The fourth-order valence-electron chi connectivity index (χ4n) is 3.21. The van der Waals surface area contributed by atoms with Gasteiger partial charge in [-0.15, -0.1) is 0 Å². The Morgan fingerprint density at radius 1 is 1.27 bits per heavy atom. The number of aryl methyl sites for hydroxylation is 3. The number of hydrogen-bond acceptors (Lipinski definition) is 2. The minimum atomic E-state index is -0.850. The molecule has 0 saturated carbocycles. The number of aromatic carboxylic acids is 1. The van der Waals surface area contributed by atoms with E-state index in [9.17, 15) is 9.90 Å². The number of carbonyl (C=O) groups is 1. The summed E-state index contributed by atoms with van der Waals surface area (Å²) in [7, 11) is 0. The second-order valence-electron chi connectivity index (χ2n) is 5.92. The van der Waals surface area contributed by atoms with Crippen LogP contribution in [0.25, 0.3) is 10.9 Å². The van der Waals surface area contributed by atoms with E-state index >= 15 is 0 Å². The number of benzene rings is 1. The van der Waals surface area contributed by atoms with E-state index in [1.165, 1.54) is 11.3 Å². The molecule has 22 heavy (non-hydrogen) atoms. The highest BCUT2D eigenvalue weighted by Crippen LogP contribution is 2.32. The van der Waals surface area contributed by atoms with Crippen LogP contribution < -0.4 is 5.73 Å². The molecule has 2 rings (SSSR count). The third-order valence-corrected chi connectivity index (χ3v) is 4.40. The fourth-order valence-corrected chi connectivity index (χ4v) is 3.21. The van der Waals surface area contributed by atoms with Gasteiger partial charge in [0.25, 0.3) is 0 Å². The number of aromatic nitrogens is 1. The topological polar surface area (TPSA) is 68.2 Å². The summed E-state index contributed by atoms with van der Waals surface area (Å²) in [6, 6.07) is 4.00. The van der Waals surface area contributed by atoms with Crippen molar-refractivity contribution in [1.82, 2.24) is 4.57 Å². The summed E-state index contributed by atoms with van der Waals surface area (Å²) < 4.78 is 2.16. The van der Waals surface area contributed by atoms with E-state index in [2.05, 4.69) is 24.5 Å². The van der Waals surface area contributed by atoms with Crippen molar-refractivity contribution in [2.75, 3.05) is 6.54 Å². The number of hydrogen-bond donors (Lipinski definition) is 2. The number of carboxylic acid groups (broad SMARTS) is 1. The zero-order valence-electron chi connectivity index (χ0n) is 13.8. The lowest BCUT2D eigenvalue weighted by atomic mass is 10.0. The molecule has 1 aromatic carbocycles. The van der Waals surface area contributed by atoms with Gasteiger partial charge >= 0.3 is 5.97 Å². The van der Waals surface area contributed by atoms with Gasteiger partial charge in [0.2, 0.25) is 0 Å². The van der Waals surface area contributed by atoms with Gasteiger partial charge in [-0.2, -0.15) is 0 Å². The largest absolute Gasteiger partial charge is 0.478 e. The monoisotopic (exact) mass is 302 g/mol. The van der Waals surface area contributed by atoms with Crippen molar-refractivity contribution in [3.8, 4) is 0 Å². The fraction of sp³-hybridized carbons (Fsp3) is 0.500. The molecule has 0 aliphatic carbocycles. The Bertz CT molecular complexity index is 686. The molecule has 0 bridgehead atoms. The number of nitrogens with two attached hydrogens (primary N) is 1. The zero-order valence-corrected chi connectivity index (χ0v) is 13.8. The van der Waals surface area contributed by atoms with Gasteiger partial charge in [-0.1, -0.05) is 25.5 Å². The Balaban J connectivity index is 2.74. The molecule has 0 aliphatic rings. The average Bonchev–Trinajstić information content (AvgIpc) is 2.74. The summed E-state index contributed by atoms with van der Waals surface area (Å²) in [5.74, 6) is -0.850. The van der Waals surface area contributed by atoms with Gasteiger partial charge in [-0.05, 0) is 50.8 Å². The van der Waals surface area contributed by atoms with Crippen molar-refractivity contribution < 1.29 is 9.90 Å². The molecule has 0 spiro atoms. The maximum Gasteiger partial charge on any atom is 0.338 e. The van der Waals surface area contributed by atoms with Crippen LogP contribution >= 0.6 is 0 Å². The third kappa shape index (κ3) is 2.88.